The second-order valence-electron chi connectivity index (χ2n) is 15.8. The molecule has 4 aromatic rings. The van der Waals surface area contributed by atoms with Crippen molar-refractivity contribution in [1.29, 1.82) is 0 Å². The molecule has 0 saturated carbocycles. The Kier molecular flexibility index (Phi) is 10.0. The van der Waals surface area contributed by atoms with Crippen molar-refractivity contribution < 1.29 is 38.5 Å². The van der Waals surface area contributed by atoms with E-state index < -0.39 is 29.4 Å². The van der Waals surface area contributed by atoms with Gasteiger partial charge < -0.3 is 40.3 Å². The number of anilines is 2. The number of benzene rings is 1. The highest BCUT2D eigenvalue weighted by Crippen LogP contribution is 2.49. The highest BCUT2D eigenvalue weighted by atomic mass is 33.1. The molecule has 14 nitrogen and oxygen atoms in total. The Balaban J connectivity index is 1.06. The number of hydrogen-bond donors (Lipinski definition) is 5. The molecule has 0 spiro atoms. The molecule has 5 atom stereocenters. The van der Waals surface area contributed by atoms with Gasteiger partial charge in [0.05, 0.1) is 17.5 Å². The number of nitrogens with two attached hydrogens (primary N) is 2. The number of aliphatic hydroxyl groups is 1. The lowest BCUT2D eigenvalue weighted by Crippen LogP contribution is -3.04. The predicted octanol–water partition coefficient (Wildman–Crippen LogP) is 4.11. The molecular formula is C42H45N6O8S2+. The van der Waals surface area contributed by atoms with Crippen LogP contribution in [0.25, 0.3) is 22.2 Å². The standard InChI is InChI=1S/C42H44N6O8S2/c1-22-12-31(50)37-33(53-22)17-32-27(38(37)51)16-35-41(2,55-32)8-11-57-58-21-28-26(15-25(46-39(28)44)19-48-18-24-6-9-45-30(24)20-48)29-13-23(14-36(43)47-29)4-5-34-42(56-34,7-3-10-49)40(52)54-35/h6,9,12-15,17,20,34-35,49,51H,3-5,7-8,10-11,16,18-19,21H2,1-2H3,(H2,43,47)(H2,44,46)/p+1/t34-,35-,41+,42+/m1/s1. The van der Waals surface area contributed by atoms with E-state index in [4.69, 9.17) is 40.1 Å². The number of rotatable bonds is 5. The van der Waals surface area contributed by atoms with E-state index in [0.717, 1.165) is 34.6 Å². The van der Waals surface area contributed by atoms with Gasteiger partial charge in [0.15, 0.2) is 11.0 Å². The van der Waals surface area contributed by atoms with Crippen LogP contribution in [0.15, 0.2) is 68.1 Å². The van der Waals surface area contributed by atoms with Crippen LogP contribution < -0.4 is 26.5 Å². The lowest BCUT2D eigenvalue weighted by atomic mass is 9.86. The number of aryl methyl sites for hydroxylation is 2. The van der Waals surface area contributed by atoms with Crippen molar-refractivity contribution in [3.8, 4) is 22.8 Å². The highest BCUT2D eigenvalue weighted by Gasteiger charge is 2.63. The molecule has 5 aliphatic rings. The first-order valence-corrected chi connectivity index (χ1v) is 22.0. The van der Waals surface area contributed by atoms with Crippen LogP contribution in [0, 0.1) is 6.92 Å². The molecule has 1 saturated heterocycles. The summed E-state index contributed by atoms with van der Waals surface area (Å²) in [4.78, 5) is 42.6. The first-order valence-electron chi connectivity index (χ1n) is 19.5. The average Bonchev–Trinajstić information content (AvgIpc) is 3.49. The smallest absolute Gasteiger partial charge is 0.341 e. The van der Waals surface area contributed by atoms with Gasteiger partial charge in [-0.15, -0.1) is 0 Å². The molecule has 0 amide bonds. The van der Waals surface area contributed by atoms with Crippen LogP contribution in [0.4, 0.5) is 11.6 Å². The number of ether oxygens (including phenoxy) is 3. The van der Waals surface area contributed by atoms with Crippen molar-refractivity contribution in [1.82, 2.24) is 9.97 Å². The van der Waals surface area contributed by atoms with Crippen molar-refractivity contribution in [2.45, 2.75) is 88.1 Å². The number of esters is 1. The number of carbonyl (C=O) groups excluding carboxylic acids is 1. The van der Waals surface area contributed by atoms with Crippen LogP contribution in [-0.2, 0) is 39.4 Å². The monoisotopic (exact) mass is 825 g/mol. The van der Waals surface area contributed by atoms with Gasteiger partial charge >= 0.3 is 5.97 Å². The summed E-state index contributed by atoms with van der Waals surface area (Å²) in [7, 11) is 3.25. The summed E-state index contributed by atoms with van der Waals surface area (Å²) in [6, 6.07) is 8.88. The number of nitrogens with zero attached hydrogens (tertiary/aromatic N) is 3. The highest BCUT2D eigenvalue weighted by molar-refractivity contribution is 8.76. The fourth-order valence-corrected chi connectivity index (χ4v) is 10.9. The first-order chi connectivity index (χ1) is 27.9. The van der Waals surface area contributed by atoms with E-state index in [9.17, 15) is 19.8 Å². The number of fused-ring (bicyclic) bond motifs is 9. The molecular weight excluding hydrogens is 781 g/mol. The number of hydrogen-bond acceptors (Lipinski definition) is 15. The van der Waals surface area contributed by atoms with Crippen LogP contribution >= 0.6 is 21.6 Å². The molecule has 1 aromatic carbocycles. The van der Waals surface area contributed by atoms with Gasteiger partial charge in [0.25, 0.3) is 0 Å². The minimum Gasteiger partial charge on any atom is -0.507 e. The summed E-state index contributed by atoms with van der Waals surface area (Å²) in [6.07, 6.45) is 6.87. The summed E-state index contributed by atoms with van der Waals surface area (Å²) in [6.45, 7) is 4.89. The average molecular weight is 826 g/mol. The molecule has 3 aromatic heterocycles. The van der Waals surface area contributed by atoms with Crippen LogP contribution in [-0.4, -0.2) is 74.7 Å². The lowest BCUT2D eigenvalue weighted by molar-refractivity contribution is -0.852. The number of aliphatic hydroxyl groups excluding tert-OH is 1. The molecule has 1 unspecified atom stereocenters. The minimum absolute atomic E-state index is 0.0467. The summed E-state index contributed by atoms with van der Waals surface area (Å²) in [5, 5.41) is 21.3. The van der Waals surface area contributed by atoms with Crippen molar-refractivity contribution in [3.05, 3.63) is 92.2 Å². The summed E-state index contributed by atoms with van der Waals surface area (Å²) in [5.41, 5.74) is 17.5. The fourth-order valence-electron chi connectivity index (χ4n) is 8.61. The van der Waals surface area contributed by atoms with Crippen molar-refractivity contribution in [2.24, 2.45) is 4.99 Å². The van der Waals surface area contributed by atoms with Gasteiger partial charge in [-0.2, -0.15) is 0 Å². The van der Waals surface area contributed by atoms with Crippen molar-refractivity contribution in [2.75, 3.05) is 30.4 Å². The summed E-state index contributed by atoms with van der Waals surface area (Å²) in [5.74, 6) is 1.90. The number of nitrogens with one attached hydrogen (secondary N) is 1. The number of carbonyl (C=O) groups is 1. The van der Waals surface area contributed by atoms with Crippen LogP contribution in [0.1, 0.15) is 60.8 Å². The largest absolute Gasteiger partial charge is 0.507 e. The van der Waals surface area contributed by atoms with E-state index in [1.165, 1.54) is 16.5 Å². The summed E-state index contributed by atoms with van der Waals surface area (Å²) < 4.78 is 25.1. The molecule has 302 valence electrons. The quantitative estimate of drug-likeness (QED) is 0.109. The molecule has 1 fully saturated rings. The zero-order valence-corrected chi connectivity index (χ0v) is 33.8. The third kappa shape index (κ3) is 7.14. The Hall–Kier alpha value is -4.87. The Morgan fingerprint density at radius 1 is 1.07 bits per heavy atom. The maximum absolute atomic E-state index is 14.3. The molecule has 0 aliphatic carbocycles. The number of quaternary nitrogens is 1. The van der Waals surface area contributed by atoms with Gasteiger partial charge in [0.1, 0.15) is 76.6 Å². The van der Waals surface area contributed by atoms with Gasteiger partial charge in [-0.25, -0.2) is 14.8 Å². The van der Waals surface area contributed by atoms with Crippen molar-refractivity contribution in [3.63, 3.8) is 0 Å². The molecule has 7 N–H and O–H groups in total. The summed E-state index contributed by atoms with van der Waals surface area (Å²) >= 11 is 0. The molecule has 0 radical (unpaired) electrons. The van der Waals surface area contributed by atoms with Crippen LogP contribution in [0.5, 0.6) is 11.5 Å². The predicted molar refractivity (Wildman–Crippen MR) is 223 cm³/mol. The van der Waals surface area contributed by atoms with Crippen molar-refractivity contribution >= 4 is 56.4 Å². The van der Waals surface area contributed by atoms with E-state index in [2.05, 4.69) is 17.3 Å². The van der Waals surface area contributed by atoms with Crippen LogP contribution in [0.3, 0.4) is 0 Å². The van der Waals surface area contributed by atoms with Gasteiger partial charge in [-0.05, 0) is 69.4 Å². The number of epoxide rings is 1. The van der Waals surface area contributed by atoms with E-state index in [1.54, 1.807) is 34.6 Å². The number of aliphatic imine (C=N–C) groups is 1. The normalized spacial score (nSPS) is 26.5. The topological polar surface area (TPSA) is 213 Å². The van der Waals surface area contributed by atoms with Gasteiger partial charge in [-0.1, -0.05) is 21.6 Å². The van der Waals surface area contributed by atoms with E-state index in [-0.39, 0.29) is 41.6 Å². The second-order valence-corrected chi connectivity index (χ2v) is 18.4. The number of nitrogen functional groups attached to an aromatic ring is 2. The number of phenolic OH excluding ortho intramolecular Hbond substituents is 1. The van der Waals surface area contributed by atoms with Gasteiger partial charge in [-0.3, -0.25) is 14.7 Å². The minimum atomic E-state index is -1.26. The zero-order chi connectivity index (χ0) is 40.3. The third-order valence-corrected chi connectivity index (χ3v) is 14.0. The molecule has 5 aliphatic heterocycles. The maximum Gasteiger partial charge on any atom is 0.341 e. The lowest BCUT2D eigenvalue weighted by Gasteiger charge is -2.42. The van der Waals surface area contributed by atoms with Crippen LogP contribution in [0.2, 0.25) is 0 Å². The Morgan fingerprint density at radius 2 is 1.93 bits per heavy atom. The fraction of sp³-hybridized carbons (Fsp3) is 0.405. The molecule has 16 heteroatoms. The number of allylic oxidation sites excluding steroid dienone is 1. The van der Waals surface area contributed by atoms with Gasteiger partial charge in [0, 0.05) is 71.6 Å². The number of aromatic nitrogens is 2. The molecule has 2 bridgehead atoms. The maximum atomic E-state index is 14.3. The Labute approximate surface area is 342 Å². The SMILES string of the molecule is Cc1cc(=O)c2c(O)c3c(cc2o1)O[C@@]1(C)CCSSCc2c(cc(C[NH+]4C=C5N=CC=C5C4)nc2N)-c2cc(cc(N)n2)CC[C@H]2O[C@]2(CCCO)C(=O)O[C@@H]1C3. The number of aromatic hydroxyl groups is 1. The van der Waals surface area contributed by atoms with E-state index in [0.29, 0.717) is 78.1 Å². The molecule has 58 heavy (non-hydrogen) atoms. The zero-order valence-electron chi connectivity index (χ0n) is 32.2. The van der Waals surface area contributed by atoms with E-state index >= 15 is 0 Å². The Morgan fingerprint density at radius 3 is 2.76 bits per heavy atom. The number of phenols is 1. The molecule has 8 heterocycles. The number of pyridine rings is 2. The first kappa shape index (κ1) is 38.6. The van der Waals surface area contributed by atoms with E-state index in [1.807, 2.05) is 31.3 Å². The Bertz CT molecular complexity index is 2510. The second kappa shape index (κ2) is 15.1. The third-order valence-electron chi connectivity index (χ3n) is 11.7. The van der Waals surface area contributed by atoms with Gasteiger partial charge in [0.2, 0.25) is 0 Å². The molecule has 9 rings (SSSR count).